The van der Waals surface area contributed by atoms with Gasteiger partial charge < -0.3 is 10.0 Å². The molecule has 0 aromatic heterocycles. The van der Waals surface area contributed by atoms with Crippen molar-refractivity contribution >= 4 is 5.97 Å². The van der Waals surface area contributed by atoms with Gasteiger partial charge in [-0.2, -0.15) is 0 Å². The van der Waals surface area contributed by atoms with Crippen molar-refractivity contribution in [3.63, 3.8) is 0 Å². The van der Waals surface area contributed by atoms with Crippen LogP contribution >= 0.6 is 0 Å². The zero-order valence-electron chi connectivity index (χ0n) is 7.86. The third kappa shape index (κ3) is 2.46. The van der Waals surface area contributed by atoms with E-state index in [-0.39, 0.29) is 11.8 Å². The van der Waals surface area contributed by atoms with Crippen LogP contribution in [0.3, 0.4) is 0 Å². The zero-order valence-corrected chi connectivity index (χ0v) is 7.86. The van der Waals surface area contributed by atoms with E-state index in [1.165, 1.54) is 0 Å². The minimum atomic E-state index is -0.685. The van der Waals surface area contributed by atoms with E-state index < -0.39 is 5.97 Å². The van der Waals surface area contributed by atoms with Crippen LogP contribution in [0.25, 0.3) is 0 Å². The largest absolute Gasteiger partial charge is 0.481 e. The summed E-state index contributed by atoms with van der Waals surface area (Å²) in [5, 5.41) is 8.86. The van der Waals surface area contributed by atoms with Crippen LogP contribution in [0.4, 0.5) is 0 Å². The Morgan fingerprint density at radius 1 is 1.69 bits per heavy atom. The van der Waals surface area contributed by atoms with Crippen LogP contribution in [0.15, 0.2) is 0 Å². The second-order valence-electron chi connectivity index (χ2n) is 3.64. The van der Waals surface area contributed by atoms with E-state index in [9.17, 15) is 4.79 Å². The number of rotatable bonds is 3. The summed E-state index contributed by atoms with van der Waals surface area (Å²) in [6.07, 6.45) is 5.85. The van der Waals surface area contributed by atoms with Crippen molar-refractivity contribution in [1.29, 1.82) is 0 Å². The lowest BCUT2D eigenvalue weighted by atomic mass is 9.99. The van der Waals surface area contributed by atoms with E-state index in [2.05, 4.69) is 10.8 Å². The summed E-state index contributed by atoms with van der Waals surface area (Å²) < 4.78 is 0. The highest BCUT2D eigenvalue weighted by Gasteiger charge is 2.33. The first-order valence-corrected chi connectivity index (χ1v) is 4.53. The molecule has 0 unspecified atom stereocenters. The molecule has 1 saturated heterocycles. The Bertz CT molecular complexity index is 232. The van der Waals surface area contributed by atoms with E-state index in [4.69, 9.17) is 11.5 Å². The van der Waals surface area contributed by atoms with Crippen molar-refractivity contribution in [1.82, 2.24) is 4.90 Å². The first kappa shape index (κ1) is 10.1. The lowest BCUT2D eigenvalue weighted by Crippen LogP contribution is -2.24. The number of carboxylic acid groups (broad SMARTS) is 1. The molecule has 13 heavy (non-hydrogen) atoms. The fourth-order valence-corrected chi connectivity index (χ4v) is 1.79. The maximum Gasteiger partial charge on any atom is 0.308 e. The van der Waals surface area contributed by atoms with E-state index >= 15 is 0 Å². The lowest BCUT2D eigenvalue weighted by Gasteiger charge is -2.12. The maximum absolute atomic E-state index is 10.8. The molecule has 3 nitrogen and oxygen atoms in total. The van der Waals surface area contributed by atoms with Crippen molar-refractivity contribution in [2.45, 2.75) is 13.3 Å². The Labute approximate surface area is 78.7 Å². The van der Waals surface area contributed by atoms with Crippen LogP contribution in [0.5, 0.6) is 0 Å². The SMILES string of the molecule is C#CCCN1C[C@@H](C)[C@H](C(=O)O)C1. The van der Waals surface area contributed by atoms with Crippen LogP contribution in [0.2, 0.25) is 0 Å². The Hall–Kier alpha value is -1.01. The Balaban J connectivity index is 2.41. The Kier molecular flexibility index (Phi) is 3.32. The molecular formula is C10H15NO2. The van der Waals surface area contributed by atoms with Gasteiger partial charge in [0.25, 0.3) is 0 Å². The highest BCUT2D eigenvalue weighted by Crippen LogP contribution is 2.22. The lowest BCUT2D eigenvalue weighted by molar-refractivity contribution is -0.142. The molecule has 0 amide bonds. The van der Waals surface area contributed by atoms with E-state index in [0.29, 0.717) is 13.0 Å². The van der Waals surface area contributed by atoms with Crippen LogP contribution in [-0.4, -0.2) is 35.6 Å². The highest BCUT2D eigenvalue weighted by molar-refractivity contribution is 5.71. The monoisotopic (exact) mass is 181 g/mol. The van der Waals surface area contributed by atoms with Crippen molar-refractivity contribution in [3.05, 3.63) is 0 Å². The first-order valence-electron chi connectivity index (χ1n) is 4.53. The molecule has 0 bridgehead atoms. The molecule has 1 fully saturated rings. The number of hydrogen-bond acceptors (Lipinski definition) is 2. The van der Waals surface area contributed by atoms with Gasteiger partial charge in [-0.05, 0) is 5.92 Å². The normalized spacial score (nSPS) is 28.6. The van der Waals surface area contributed by atoms with Gasteiger partial charge in [0.2, 0.25) is 0 Å². The summed E-state index contributed by atoms with van der Waals surface area (Å²) in [6, 6.07) is 0. The fraction of sp³-hybridized carbons (Fsp3) is 0.700. The molecular weight excluding hydrogens is 166 g/mol. The quantitative estimate of drug-likeness (QED) is 0.650. The number of terminal acetylenes is 1. The molecule has 0 saturated carbocycles. The third-order valence-electron chi connectivity index (χ3n) is 2.58. The van der Waals surface area contributed by atoms with Gasteiger partial charge in [0, 0.05) is 26.1 Å². The molecule has 0 aliphatic carbocycles. The third-order valence-corrected chi connectivity index (χ3v) is 2.58. The minimum Gasteiger partial charge on any atom is -0.481 e. The summed E-state index contributed by atoms with van der Waals surface area (Å²) in [5.74, 6) is 1.92. The summed E-state index contributed by atoms with van der Waals surface area (Å²) >= 11 is 0. The minimum absolute atomic E-state index is 0.210. The average molecular weight is 181 g/mol. The van der Waals surface area contributed by atoms with Gasteiger partial charge in [-0.3, -0.25) is 4.79 Å². The zero-order chi connectivity index (χ0) is 9.84. The second kappa shape index (κ2) is 4.29. The maximum atomic E-state index is 10.8. The second-order valence-corrected chi connectivity index (χ2v) is 3.64. The molecule has 1 heterocycles. The first-order chi connectivity index (χ1) is 6.15. The van der Waals surface area contributed by atoms with E-state index in [1.807, 2.05) is 6.92 Å². The molecule has 0 aromatic rings. The molecule has 0 aromatic carbocycles. The smallest absolute Gasteiger partial charge is 0.308 e. The molecule has 1 N–H and O–H groups in total. The number of nitrogens with zero attached hydrogens (tertiary/aromatic N) is 1. The molecule has 1 aliphatic heterocycles. The number of aliphatic carboxylic acids is 1. The summed E-state index contributed by atoms with van der Waals surface area (Å²) in [6.45, 7) is 4.32. The fourth-order valence-electron chi connectivity index (χ4n) is 1.79. The van der Waals surface area contributed by atoms with Crippen LogP contribution in [-0.2, 0) is 4.79 Å². The van der Waals surface area contributed by atoms with Crippen LogP contribution in [0, 0.1) is 24.2 Å². The molecule has 3 heteroatoms. The predicted octanol–water partition coefficient (Wildman–Crippen LogP) is 0.662. The van der Waals surface area contributed by atoms with Crippen molar-refractivity contribution in [2.75, 3.05) is 19.6 Å². The molecule has 0 spiro atoms. The number of hydrogen-bond donors (Lipinski definition) is 1. The number of carbonyl (C=O) groups is 1. The van der Waals surface area contributed by atoms with Crippen LogP contribution in [0.1, 0.15) is 13.3 Å². The van der Waals surface area contributed by atoms with Crippen molar-refractivity contribution < 1.29 is 9.90 Å². The van der Waals surface area contributed by atoms with E-state index in [1.54, 1.807) is 0 Å². The average Bonchev–Trinajstić information content (AvgIpc) is 2.43. The van der Waals surface area contributed by atoms with Crippen LogP contribution < -0.4 is 0 Å². The van der Waals surface area contributed by atoms with Crippen molar-refractivity contribution in [3.8, 4) is 12.3 Å². The molecule has 2 atom stereocenters. The van der Waals surface area contributed by atoms with Gasteiger partial charge in [0.05, 0.1) is 5.92 Å². The molecule has 72 valence electrons. The summed E-state index contributed by atoms with van der Waals surface area (Å²) in [4.78, 5) is 12.9. The van der Waals surface area contributed by atoms with E-state index in [0.717, 1.165) is 13.1 Å². The molecule has 1 aliphatic rings. The van der Waals surface area contributed by atoms with Gasteiger partial charge >= 0.3 is 5.97 Å². The molecule has 0 radical (unpaired) electrons. The highest BCUT2D eigenvalue weighted by atomic mass is 16.4. The summed E-state index contributed by atoms with van der Waals surface area (Å²) in [7, 11) is 0. The van der Waals surface area contributed by atoms with Gasteiger partial charge in [-0.25, -0.2) is 0 Å². The Morgan fingerprint density at radius 3 is 2.85 bits per heavy atom. The number of likely N-dealkylation sites (tertiary alicyclic amines) is 1. The molecule has 1 rings (SSSR count). The number of carboxylic acids is 1. The standard InChI is InChI=1S/C10H15NO2/c1-3-4-5-11-6-8(2)9(7-11)10(12)13/h1,8-9H,4-7H2,2H3,(H,12,13)/t8-,9-/m1/s1. The van der Waals surface area contributed by atoms with Gasteiger partial charge in [-0.15, -0.1) is 12.3 Å². The summed E-state index contributed by atoms with van der Waals surface area (Å²) in [5.41, 5.74) is 0. The van der Waals surface area contributed by atoms with Crippen molar-refractivity contribution in [2.24, 2.45) is 11.8 Å². The van der Waals surface area contributed by atoms with Gasteiger partial charge in [-0.1, -0.05) is 6.92 Å². The van der Waals surface area contributed by atoms with Gasteiger partial charge in [0.1, 0.15) is 0 Å². The topological polar surface area (TPSA) is 40.5 Å². The Morgan fingerprint density at radius 2 is 2.38 bits per heavy atom. The van der Waals surface area contributed by atoms with Gasteiger partial charge in [0.15, 0.2) is 0 Å². The predicted molar refractivity (Wildman–Crippen MR) is 50.2 cm³/mol.